The largest absolute Gasteiger partial charge is 0.394 e. The molecule has 12 atom stereocenters. The van der Waals surface area contributed by atoms with Crippen molar-refractivity contribution in [2.24, 2.45) is 0 Å². The van der Waals surface area contributed by atoms with Gasteiger partial charge in [0.15, 0.2) is 12.6 Å². The first-order valence-electron chi connectivity index (χ1n) is 39.4. The number of allylic oxidation sites excluding steroid dienone is 1. The first kappa shape index (κ1) is 85.8. The van der Waals surface area contributed by atoms with Crippen LogP contribution in [0.25, 0.3) is 0 Å². The Morgan fingerprint density at radius 2 is 0.681 bits per heavy atom. The fourth-order valence-corrected chi connectivity index (χ4v) is 13.5. The summed E-state index contributed by atoms with van der Waals surface area (Å²) in [7, 11) is 0. The fourth-order valence-electron chi connectivity index (χ4n) is 13.5. The molecule has 0 aromatic heterocycles. The van der Waals surface area contributed by atoms with Crippen LogP contribution in [-0.4, -0.2) is 140 Å². The molecule has 2 heterocycles. The lowest BCUT2D eigenvalue weighted by Gasteiger charge is -2.46. The van der Waals surface area contributed by atoms with E-state index in [0.29, 0.717) is 0 Å². The lowest BCUT2D eigenvalue weighted by Crippen LogP contribution is -2.65. The minimum atomic E-state index is -1.79. The molecule has 0 radical (unpaired) electrons. The zero-order valence-corrected chi connectivity index (χ0v) is 59.1. The Morgan fingerprint density at radius 1 is 0.385 bits per heavy atom. The van der Waals surface area contributed by atoms with E-state index in [9.17, 15) is 45.6 Å². The standard InChI is InChI=1S/C77H149NO13/c1-3-5-7-9-11-13-15-17-19-21-23-25-26-27-28-29-30-31-32-33-34-35-36-37-38-39-40-41-43-45-47-49-51-53-55-57-59-61-69(82)78-65(66(81)60-58-56-54-52-50-48-46-44-42-24-22-20-18-16-14-12-10-8-6-4-2)64-88-76-74(87)72(85)75(68(63-80)90-76)91-77-73(86)71(84)70(83)67(62-79)89-77/h58,60,65-68,70-77,79-81,83-87H,3-57,59,61-64H2,1-2H3,(H,78,82)/b60-58+. The molecule has 540 valence electrons. The molecule has 2 aliphatic rings. The Hall–Kier alpha value is -1.27. The summed E-state index contributed by atoms with van der Waals surface area (Å²) in [6.45, 7) is 2.87. The van der Waals surface area contributed by atoms with E-state index in [-0.39, 0.29) is 18.9 Å². The number of aliphatic hydroxyl groups is 8. The molecule has 2 rings (SSSR count). The van der Waals surface area contributed by atoms with Gasteiger partial charge in [-0.1, -0.05) is 366 Å². The number of aliphatic hydroxyl groups excluding tert-OH is 8. The predicted octanol–water partition coefficient (Wildman–Crippen LogP) is 17.3. The highest BCUT2D eigenvalue weighted by Gasteiger charge is 2.51. The smallest absolute Gasteiger partial charge is 0.220 e. The summed E-state index contributed by atoms with van der Waals surface area (Å²) in [6, 6.07) is -0.912. The molecule has 2 saturated heterocycles. The molecular formula is C77H149NO13. The number of amides is 1. The maximum Gasteiger partial charge on any atom is 0.220 e. The van der Waals surface area contributed by atoms with Gasteiger partial charge in [0.05, 0.1) is 32.0 Å². The molecule has 1 amide bonds. The van der Waals surface area contributed by atoms with Crippen LogP contribution in [0.1, 0.15) is 380 Å². The number of carbonyl (C=O) groups excluding carboxylic acids is 1. The molecule has 0 aliphatic carbocycles. The molecule has 0 saturated carbocycles. The molecule has 12 unspecified atom stereocenters. The Labute approximate surface area is 558 Å². The molecule has 91 heavy (non-hydrogen) atoms. The molecule has 0 aromatic carbocycles. The van der Waals surface area contributed by atoms with Crippen LogP contribution in [0.15, 0.2) is 12.2 Å². The van der Waals surface area contributed by atoms with Gasteiger partial charge in [0.1, 0.15) is 48.8 Å². The highest BCUT2D eigenvalue weighted by atomic mass is 16.7. The zero-order chi connectivity index (χ0) is 65.9. The lowest BCUT2D eigenvalue weighted by molar-refractivity contribution is -0.359. The van der Waals surface area contributed by atoms with Gasteiger partial charge in [-0.25, -0.2) is 0 Å². The molecule has 0 spiro atoms. The summed E-state index contributed by atoms with van der Waals surface area (Å²) in [4.78, 5) is 13.4. The van der Waals surface area contributed by atoms with Crippen LogP contribution < -0.4 is 5.32 Å². The van der Waals surface area contributed by atoms with E-state index in [2.05, 4.69) is 19.2 Å². The maximum atomic E-state index is 13.4. The average molecular weight is 1300 g/mol. The minimum Gasteiger partial charge on any atom is -0.394 e. The number of carbonyl (C=O) groups is 1. The van der Waals surface area contributed by atoms with Crippen molar-refractivity contribution in [3.05, 3.63) is 12.2 Å². The molecule has 2 fully saturated rings. The maximum absolute atomic E-state index is 13.4. The van der Waals surface area contributed by atoms with Gasteiger partial charge in [-0.2, -0.15) is 0 Å². The number of hydrogen-bond acceptors (Lipinski definition) is 13. The van der Waals surface area contributed by atoms with Crippen LogP contribution in [0.2, 0.25) is 0 Å². The van der Waals surface area contributed by atoms with Crippen molar-refractivity contribution in [1.82, 2.24) is 5.32 Å². The molecule has 0 aromatic rings. The first-order chi connectivity index (χ1) is 44.6. The van der Waals surface area contributed by atoms with Gasteiger partial charge in [-0.3, -0.25) is 4.79 Å². The Bertz CT molecular complexity index is 1570. The van der Waals surface area contributed by atoms with Crippen molar-refractivity contribution in [1.29, 1.82) is 0 Å². The van der Waals surface area contributed by atoms with E-state index in [4.69, 9.17) is 18.9 Å². The van der Waals surface area contributed by atoms with E-state index >= 15 is 0 Å². The van der Waals surface area contributed by atoms with Gasteiger partial charge in [-0.15, -0.1) is 0 Å². The molecule has 14 heteroatoms. The SMILES string of the molecule is CCCCCCCCCCCCCCCCCCCC/C=C/C(O)C(COC1OC(CO)C(OC2OC(CO)C(O)C(O)C2O)C(O)C1O)NC(=O)CCCCCCCCCCCCCCCCCCCCCCCCCCCCCCCCCCCCCCC. The Kier molecular flexibility index (Phi) is 58.7. The van der Waals surface area contributed by atoms with E-state index in [1.807, 2.05) is 6.08 Å². The van der Waals surface area contributed by atoms with Crippen molar-refractivity contribution in [2.45, 2.75) is 453 Å². The molecule has 14 nitrogen and oxygen atoms in total. The third-order valence-corrected chi connectivity index (χ3v) is 19.7. The van der Waals surface area contributed by atoms with Gasteiger partial charge < -0.3 is 65.1 Å². The Balaban J connectivity index is 1.57. The van der Waals surface area contributed by atoms with Gasteiger partial charge >= 0.3 is 0 Å². The fraction of sp³-hybridized carbons (Fsp3) is 0.961. The minimum absolute atomic E-state index is 0.229. The Morgan fingerprint density at radius 3 is 1.01 bits per heavy atom. The van der Waals surface area contributed by atoms with E-state index in [1.165, 1.54) is 315 Å². The summed E-state index contributed by atoms with van der Waals surface area (Å²) >= 11 is 0. The summed E-state index contributed by atoms with van der Waals surface area (Å²) in [6.07, 6.45) is 61.6. The molecule has 9 N–H and O–H groups in total. The first-order valence-corrected chi connectivity index (χ1v) is 39.4. The third kappa shape index (κ3) is 45.8. The van der Waals surface area contributed by atoms with Crippen molar-refractivity contribution >= 4 is 5.91 Å². The second kappa shape index (κ2) is 62.3. The van der Waals surface area contributed by atoms with Crippen LogP contribution in [0.5, 0.6) is 0 Å². The number of rotatable bonds is 67. The molecule has 0 bridgehead atoms. The van der Waals surface area contributed by atoms with Gasteiger partial charge in [0, 0.05) is 6.42 Å². The van der Waals surface area contributed by atoms with Crippen LogP contribution in [-0.2, 0) is 23.7 Å². The van der Waals surface area contributed by atoms with Crippen LogP contribution in [0.4, 0.5) is 0 Å². The summed E-state index contributed by atoms with van der Waals surface area (Å²) in [5.74, 6) is -0.229. The number of hydrogen-bond donors (Lipinski definition) is 9. The van der Waals surface area contributed by atoms with Crippen LogP contribution in [0, 0.1) is 0 Å². The van der Waals surface area contributed by atoms with Crippen LogP contribution in [0.3, 0.4) is 0 Å². The van der Waals surface area contributed by atoms with Crippen molar-refractivity contribution < 1.29 is 64.6 Å². The van der Waals surface area contributed by atoms with Crippen molar-refractivity contribution in [2.75, 3.05) is 19.8 Å². The van der Waals surface area contributed by atoms with E-state index < -0.39 is 86.8 Å². The lowest BCUT2D eigenvalue weighted by atomic mass is 9.97. The van der Waals surface area contributed by atoms with E-state index in [0.717, 1.165) is 44.9 Å². The van der Waals surface area contributed by atoms with Crippen molar-refractivity contribution in [3.63, 3.8) is 0 Å². The summed E-state index contributed by atoms with van der Waals surface area (Å²) in [5.41, 5.74) is 0. The summed E-state index contributed by atoms with van der Waals surface area (Å²) < 4.78 is 22.9. The highest BCUT2D eigenvalue weighted by Crippen LogP contribution is 2.30. The number of nitrogens with one attached hydrogen (secondary N) is 1. The summed E-state index contributed by atoms with van der Waals surface area (Å²) in [5, 5.41) is 87.6. The topological polar surface area (TPSA) is 228 Å². The molecule has 2 aliphatic heterocycles. The highest BCUT2D eigenvalue weighted by molar-refractivity contribution is 5.76. The number of ether oxygens (including phenoxy) is 4. The normalized spacial score (nSPS) is 22.7. The third-order valence-electron chi connectivity index (χ3n) is 19.7. The monoisotopic (exact) mass is 1300 g/mol. The average Bonchev–Trinajstić information content (AvgIpc) is 1.08. The predicted molar refractivity (Wildman–Crippen MR) is 374 cm³/mol. The van der Waals surface area contributed by atoms with Crippen LogP contribution >= 0.6 is 0 Å². The van der Waals surface area contributed by atoms with Gasteiger partial charge in [0.25, 0.3) is 0 Å². The zero-order valence-electron chi connectivity index (χ0n) is 59.1. The van der Waals surface area contributed by atoms with E-state index in [1.54, 1.807) is 6.08 Å². The van der Waals surface area contributed by atoms with Gasteiger partial charge in [0.2, 0.25) is 5.91 Å². The quantitative estimate of drug-likeness (QED) is 0.0204. The molecular weight excluding hydrogens is 1150 g/mol. The second-order valence-electron chi connectivity index (χ2n) is 28.2. The number of unbranched alkanes of at least 4 members (excludes halogenated alkanes) is 54. The second-order valence-corrected chi connectivity index (χ2v) is 28.2. The van der Waals surface area contributed by atoms with Gasteiger partial charge in [-0.05, 0) is 19.3 Å². The van der Waals surface area contributed by atoms with Crippen molar-refractivity contribution in [3.8, 4) is 0 Å².